The smallest absolute Gasteiger partial charge is 0.252 e. The molecule has 0 radical (unpaired) electrons. The predicted molar refractivity (Wildman–Crippen MR) is 128 cm³/mol. The number of hydrogen-bond acceptors (Lipinski definition) is 3. The van der Waals surface area contributed by atoms with Gasteiger partial charge in [0.25, 0.3) is 5.91 Å². The zero-order chi connectivity index (χ0) is 22.7. The number of rotatable bonds is 7. The highest BCUT2D eigenvalue weighted by Crippen LogP contribution is 2.23. The van der Waals surface area contributed by atoms with Gasteiger partial charge in [0.05, 0.1) is 23.6 Å². The Hall–Kier alpha value is -3.60. The molecule has 1 aromatic heterocycles. The van der Waals surface area contributed by atoms with Crippen LogP contribution in [0.3, 0.4) is 0 Å². The number of hydrogen-bond donors (Lipinski definition) is 1. The molecule has 0 aliphatic rings. The number of nitrogens with one attached hydrogen (secondary N) is 1. The van der Waals surface area contributed by atoms with Gasteiger partial charge >= 0.3 is 0 Å². The topological polar surface area (TPSA) is 56.1 Å². The minimum atomic E-state index is -0.254. The summed E-state index contributed by atoms with van der Waals surface area (Å²) < 4.78 is 8.22. The molecule has 5 nitrogen and oxygen atoms in total. The fourth-order valence-corrected chi connectivity index (χ4v) is 4.03. The second-order valence-corrected chi connectivity index (χ2v) is 8.24. The van der Waals surface area contributed by atoms with Crippen LogP contribution in [0, 0.1) is 20.8 Å². The van der Waals surface area contributed by atoms with E-state index in [0.717, 1.165) is 33.7 Å². The first kappa shape index (κ1) is 21.6. The minimum absolute atomic E-state index is 0.0965. The number of carbonyl (C=O) groups excluding carboxylic acids is 1. The molecule has 3 aromatic carbocycles. The summed E-state index contributed by atoms with van der Waals surface area (Å²) >= 11 is 0. The van der Waals surface area contributed by atoms with E-state index in [1.165, 1.54) is 5.56 Å². The first-order valence-electron chi connectivity index (χ1n) is 11.0. The van der Waals surface area contributed by atoms with Crippen LogP contribution in [-0.4, -0.2) is 22.1 Å². The van der Waals surface area contributed by atoms with Gasteiger partial charge in [-0.3, -0.25) is 4.79 Å². The number of fused-ring (bicyclic) bond motifs is 1. The van der Waals surface area contributed by atoms with E-state index in [-0.39, 0.29) is 11.9 Å². The molecule has 0 bridgehead atoms. The van der Waals surface area contributed by atoms with E-state index in [2.05, 4.69) is 41.9 Å². The molecule has 4 rings (SSSR count). The summed E-state index contributed by atoms with van der Waals surface area (Å²) in [4.78, 5) is 17.7. The van der Waals surface area contributed by atoms with E-state index in [1.54, 1.807) is 0 Å². The number of para-hydroxylation sites is 2. The van der Waals surface area contributed by atoms with Crippen molar-refractivity contribution in [2.75, 3.05) is 6.61 Å². The third kappa shape index (κ3) is 4.52. The van der Waals surface area contributed by atoms with Gasteiger partial charge in [0.2, 0.25) is 0 Å². The monoisotopic (exact) mass is 427 g/mol. The number of imidazole rings is 1. The number of benzene rings is 3. The molecule has 0 aliphatic carbocycles. The first-order valence-corrected chi connectivity index (χ1v) is 11.0. The van der Waals surface area contributed by atoms with E-state index in [0.29, 0.717) is 18.7 Å². The lowest BCUT2D eigenvalue weighted by Gasteiger charge is -2.18. The highest BCUT2D eigenvalue weighted by atomic mass is 16.5. The van der Waals surface area contributed by atoms with E-state index in [4.69, 9.17) is 9.72 Å². The van der Waals surface area contributed by atoms with Crippen molar-refractivity contribution in [3.05, 3.63) is 94.8 Å². The Bertz CT molecular complexity index is 1260. The zero-order valence-electron chi connectivity index (χ0n) is 19.1. The standard InChI is InChI=1S/C27H29N3O2/c1-18-13-14-25(20(3)17-18)32-16-15-30-24-12-8-7-11-23(24)29-26(30)21(4)28-27(31)22-10-6-5-9-19(22)2/h5-14,17,21H,15-16H2,1-4H3,(H,28,31). The molecule has 0 spiro atoms. The van der Waals surface area contributed by atoms with Crippen molar-refractivity contribution < 1.29 is 9.53 Å². The van der Waals surface area contributed by atoms with Gasteiger partial charge in [0.15, 0.2) is 0 Å². The lowest BCUT2D eigenvalue weighted by Crippen LogP contribution is -2.29. The molecule has 1 amide bonds. The van der Waals surface area contributed by atoms with Crippen molar-refractivity contribution in [2.45, 2.75) is 40.3 Å². The highest BCUT2D eigenvalue weighted by molar-refractivity contribution is 5.95. The number of aromatic nitrogens is 2. The van der Waals surface area contributed by atoms with Gasteiger partial charge in [-0.05, 0) is 63.1 Å². The largest absolute Gasteiger partial charge is 0.491 e. The first-order chi connectivity index (χ1) is 15.4. The maximum Gasteiger partial charge on any atom is 0.252 e. The number of carbonyl (C=O) groups is 1. The van der Waals surface area contributed by atoms with Crippen LogP contribution in [-0.2, 0) is 6.54 Å². The van der Waals surface area contributed by atoms with Gasteiger partial charge < -0.3 is 14.6 Å². The molecular weight excluding hydrogens is 398 g/mol. The number of nitrogens with zero attached hydrogens (tertiary/aromatic N) is 2. The van der Waals surface area contributed by atoms with Gasteiger partial charge in [-0.1, -0.05) is 48.0 Å². The summed E-state index contributed by atoms with van der Waals surface area (Å²) in [5, 5.41) is 3.12. The van der Waals surface area contributed by atoms with Crippen LogP contribution in [0.1, 0.15) is 45.8 Å². The molecule has 164 valence electrons. The van der Waals surface area contributed by atoms with Crippen molar-refractivity contribution in [3.63, 3.8) is 0 Å². The highest BCUT2D eigenvalue weighted by Gasteiger charge is 2.19. The third-order valence-corrected chi connectivity index (χ3v) is 5.71. The Morgan fingerprint density at radius 3 is 2.53 bits per heavy atom. The average molecular weight is 428 g/mol. The third-order valence-electron chi connectivity index (χ3n) is 5.71. The fourth-order valence-electron chi connectivity index (χ4n) is 4.03. The molecule has 4 aromatic rings. The molecule has 0 saturated heterocycles. The Morgan fingerprint density at radius 2 is 1.75 bits per heavy atom. The molecule has 0 aliphatic heterocycles. The number of aryl methyl sites for hydroxylation is 3. The van der Waals surface area contributed by atoms with Gasteiger partial charge in [-0.25, -0.2) is 4.98 Å². The van der Waals surface area contributed by atoms with Gasteiger partial charge in [-0.2, -0.15) is 0 Å². The second-order valence-electron chi connectivity index (χ2n) is 8.24. The van der Waals surface area contributed by atoms with Crippen LogP contribution >= 0.6 is 0 Å². The van der Waals surface area contributed by atoms with Crippen LogP contribution in [0.15, 0.2) is 66.7 Å². The van der Waals surface area contributed by atoms with Crippen molar-refractivity contribution in [2.24, 2.45) is 0 Å². The summed E-state index contributed by atoms with van der Waals surface area (Å²) in [6.45, 7) is 9.19. The van der Waals surface area contributed by atoms with Crippen LogP contribution in [0.5, 0.6) is 5.75 Å². The predicted octanol–water partition coefficient (Wildman–Crippen LogP) is 5.53. The van der Waals surface area contributed by atoms with Crippen LogP contribution in [0.25, 0.3) is 11.0 Å². The van der Waals surface area contributed by atoms with Crippen molar-refractivity contribution in [1.29, 1.82) is 0 Å². The molecule has 0 saturated carbocycles. The van der Waals surface area contributed by atoms with Crippen molar-refractivity contribution >= 4 is 16.9 Å². The quantitative estimate of drug-likeness (QED) is 0.422. The van der Waals surface area contributed by atoms with E-state index < -0.39 is 0 Å². The minimum Gasteiger partial charge on any atom is -0.491 e. The molecule has 1 atom stereocenters. The van der Waals surface area contributed by atoms with E-state index >= 15 is 0 Å². The summed E-state index contributed by atoms with van der Waals surface area (Å²) in [7, 11) is 0. The lowest BCUT2D eigenvalue weighted by molar-refractivity contribution is 0.0937. The zero-order valence-corrected chi connectivity index (χ0v) is 19.1. The SMILES string of the molecule is Cc1ccc(OCCn2c(C(C)NC(=O)c3ccccc3C)nc3ccccc32)c(C)c1. The Kier molecular flexibility index (Phi) is 6.26. The number of amides is 1. The van der Waals surface area contributed by atoms with Gasteiger partial charge in [0.1, 0.15) is 18.2 Å². The molecule has 0 fully saturated rings. The van der Waals surface area contributed by atoms with Crippen LogP contribution in [0.4, 0.5) is 0 Å². The van der Waals surface area contributed by atoms with Gasteiger partial charge in [0, 0.05) is 5.56 Å². The van der Waals surface area contributed by atoms with Crippen molar-refractivity contribution in [1.82, 2.24) is 14.9 Å². The fraction of sp³-hybridized carbons (Fsp3) is 0.259. The van der Waals surface area contributed by atoms with E-state index in [1.807, 2.05) is 62.4 Å². The summed E-state index contributed by atoms with van der Waals surface area (Å²) in [5.41, 5.74) is 5.91. The van der Waals surface area contributed by atoms with Crippen LogP contribution in [0.2, 0.25) is 0 Å². The maximum atomic E-state index is 12.9. The molecule has 1 N–H and O–H groups in total. The van der Waals surface area contributed by atoms with Crippen LogP contribution < -0.4 is 10.1 Å². The Labute approximate surface area is 189 Å². The molecule has 5 heteroatoms. The normalized spacial score (nSPS) is 12.0. The van der Waals surface area contributed by atoms with E-state index in [9.17, 15) is 4.79 Å². The molecule has 32 heavy (non-hydrogen) atoms. The summed E-state index contributed by atoms with van der Waals surface area (Å²) in [6, 6.07) is 21.6. The molecule has 1 heterocycles. The van der Waals surface area contributed by atoms with Gasteiger partial charge in [-0.15, -0.1) is 0 Å². The second kappa shape index (κ2) is 9.27. The number of ether oxygens (including phenoxy) is 1. The van der Waals surface area contributed by atoms with Crippen molar-refractivity contribution in [3.8, 4) is 5.75 Å². The summed E-state index contributed by atoms with van der Waals surface area (Å²) in [6.07, 6.45) is 0. The summed E-state index contributed by atoms with van der Waals surface area (Å²) in [5.74, 6) is 1.61. The Morgan fingerprint density at radius 1 is 1.00 bits per heavy atom. The lowest BCUT2D eigenvalue weighted by atomic mass is 10.1. The Balaban J connectivity index is 1.55. The maximum absolute atomic E-state index is 12.9. The molecular formula is C27H29N3O2. The molecule has 1 unspecified atom stereocenters. The average Bonchev–Trinajstić information content (AvgIpc) is 3.14.